The molecular formula is C23H22N4O2S. The fraction of sp³-hybridized carbons (Fsp3) is 0.261. The molecule has 2 aromatic heterocycles. The molecule has 5 rings (SSSR count). The fourth-order valence-corrected chi connectivity index (χ4v) is 5.64. The zero-order valence-corrected chi connectivity index (χ0v) is 17.4. The van der Waals surface area contributed by atoms with Gasteiger partial charge in [-0.1, -0.05) is 24.8 Å². The predicted octanol–water partition coefficient (Wildman–Crippen LogP) is 4.55. The Kier molecular flexibility index (Phi) is 4.83. The normalized spacial score (nSPS) is 22.8. The maximum absolute atomic E-state index is 11.2. The van der Waals surface area contributed by atoms with Crippen LogP contribution in [0.1, 0.15) is 47.2 Å². The van der Waals surface area contributed by atoms with Gasteiger partial charge >= 0.3 is 5.97 Å². The second-order valence-electron chi connectivity index (χ2n) is 7.49. The summed E-state index contributed by atoms with van der Waals surface area (Å²) in [5.41, 5.74) is 3.32. The lowest BCUT2D eigenvalue weighted by molar-refractivity contribution is 0.0697. The van der Waals surface area contributed by atoms with E-state index >= 15 is 0 Å². The molecule has 7 heteroatoms. The van der Waals surface area contributed by atoms with E-state index in [1.807, 2.05) is 60.6 Å². The molecule has 6 nitrogen and oxygen atoms in total. The lowest BCUT2D eigenvalue weighted by Gasteiger charge is -2.32. The quantitative estimate of drug-likeness (QED) is 0.658. The average molecular weight is 419 g/mol. The second kappa shape index (κ2) is 7.65. The molecule has 3 atom stereocenters. The van der Waals surface area contributed by atoms with Crippen LogP contribution in [-0.4, -0.2) is 42.5 Å². The molecule has 1 saturated heterocycles. The van der Waals surface area contributed by atoms with E-state index < -0.39 is 5.97 Å². The molecule has 2 aliphatic rings. The van der Waals surface area contributed by atoms with E-state index in [9.17, 15) is 9.90 Å². The number of aliphatic imine (C=N–C) groups is 1. The summed E-state index contributed by atoms with van der Waals surface area (Å²) in [7, 11) is 0. The van der Waals surface area contributed by atoms with E-state index in [-0.39, 0.29) is 17.6 Å². The Morgan fingerprint density at radius 3 is 2.70 bits per heavy atom. The minimum atomic E-state index is -0.918. The van der Waals surface area contributed by atoms with Gasteiger partial charge in [-0.3, -0.25) is 9.98 Å². The maximum Gasteiger partial charge on any atom is 0.335 e. The Labute approximate surface area is 179 Å². The number of benzene rings is 1. The highest BCUT2D eigenvalue weighted by molar-refractivity contribution is 8.14. The summed E-state index contributed by atoms with van der Waals surface area (Å²) < 4.78 is 2.14. The van der Waals surface area contributed by atoms with Crippen molar-refractivity contribution in [2.45, 2.75) is 31.5 Å². The Morgan fingerprint density at radius 1 is 1.17 bits per heavy atom. The van der Waals surface area contributed by atoms with Crippen LogP contribution in [-0.2, 0) is 0 Å². The molecule has 0 bridgehead atoms. The number of carboxylic acid groups (broad SMARTS) is 1. The monoisotopic (exact) mass is 418 g/mol. The first-order valence-corrected chi connectivity index (χ1v) is 11.1. The van der Waals surface area contributed by atoms with Gasteiger partial charge in [-0.15, -0.1) is 0 Å². The number of hydrogen-bond donors (Lipinski definition) is 1. The van der Waals surface area contributed by atoms with Crippen LogP contribution in [0, 0.1) is 0 Å². The topological polar surface area (TPSA) is 70.7 Å². The van der Waals surface area contributed by atoms with Gasteiger partial charge in [0.05, 0.1) is 11.3 Å². The lowest BCUT2D eigenvalue weighted by atomic mass is 9.99. The van der Waals surface area contributed by atoms with Crippen molar-refractivity contribution in [3.8, 4) is 5.69 Å². The summed E-state index contributed by atoms with van der Waals surface area (Å²) in [6, 6.07) is 17.6. The van der Waals surface area contributed by atoms with Crippen LogP contribution in [0.4, 0.5) is 0 Å². The summed E-state index contributed by atoms with van der Waals surface area (Å²) in [4.78, 5) is 23.4. The number of carboxylic acids is 1. The number of nitrogens with zero attached hydrogens (tertiary/aromatic N) is 4. The van der Waals surface area contributed by atoms with Gasteiger partial charge in [0, 0.05) is 35.6 Å². The molecule has 0 saturated carbocycles. The van der Waals surface area contributed by atoms with Crippen LogP contribution < -0.4 is 0 Å². The second-order valence-corrected chi connectivity index (χ2v) is 8.48. The molecule has 152 valence electrons. The maximum atomic E-state index is 11.2. The third kappa shape index (κ3) is 3.10. The first-order chi connectivity index (χ1) is 14.7. The predicted molar refractivity (Wildman–Crippen MR) is 118 cm³/mol. The highest BCUT2D eigenvalue weighted by Gasteiger charge is 2.46. The molecule has 0 unspecified atom stereocenters. The van der Waals surface area contributed by atoms with E-state index in [0.29, 0.717) is 6.04 Å². The van der Waals surface area contributed by atoms with Crippen LogP contribution in [0.5, 0.6) is 0 Å². The molecule has 30 heavy (non-hydrogen) atoms. The van der Waals surface area contributed by atoms with Crippen molar-refractivity contribution in [3.05, 3.63) is 83.9 Å². The highest BCUT2D eigenvalue weighted by atomic mass is 32.2. The highest BCUT2D eigenvalue weighted by Crippen LogP contribution is 2.48. The van der Waals surface area contributed by atoms with Crippen molar-refractivity contribution in [1.82, 2.24) is 14.5 Å². The molecule has 0 radical (unpaired) electrons. The summed E-state index contributed by atoms with van der Waals surface area (Å²) in [5, 5.41) is 10.3. The summed E-state index contributed by atoms with van der Waals surface area (Å²) in [5.74, 6) is 0.132. The van der Waals surface area contributed by atoms with Crippen molar-refractivity contribution in [3.63, 3.8) is 0 Å². The number of carbonyl (C=O) groups is 1. The Hall–Kier alpha value is -3.06. The number of thioether (sulfide) groups is 1. The standard InChI is InChI=1S/C23H22N4O2S/c1-2-16-14-30-23-25-20(18-6-3-4-12-24-18)21(27(16)23)19-7-5-13-26(19)17-10-8-15(9-11-17)22(28)29/h3-13,16,20-21H,2,14H2,1H3,(H,28,29)/t16-,20-,21-/m1/s1. The van der Waals surface area contributed by atoms with E-state index in [0.717, 1.165) is 34.4 Å². The van der Waals surface area contributed by atoms with Crippen molar-refractivity contribution in [2.75, 3.05) is 5.75 Å². The fourth-order valence-electron chi connectivity index (χ4n) is 4.31. The molecule has 3 aromatic rings. The van der Waals surface area contributed by atoms with E-state index in [4.69, 9.17) is 4.99 Å². The van der Waals surface area contributed by atoms with Gasteiger partial charge in [0.15, 0.2) is 5.17 Å². The molecule has 2 aliphatic heterocycles. The molecular weight excluding hydrogens is 396 g/mol. The molecule has 4 heterocycles. The number of pyridine rings is 1. The SMILES string of the molecule is CC[C@@H]1CSC2=N[C@H](c3ccccn3)[C@@H](c3cccn3-c3ccc(C(=O)O)cc3)N21. The zero-order valence-electron chi connectivity index (χ0n) is 16.5. The first kappa shape index (κ1) is 18.9. The van der Waals surface area contributed by atoms with Crippen LogP contribution in [0.3, 0.4) is 0 Å². The first-order valence-electron chi connectivity index (χ1n) is 10.1. The van der Waals surface area contributed by atoms with Gasteiger partial charge in [-0.25, -0.2) is 4.79 Å². The Morgan fingerprint density at radius 2 is 2.00 bits per heavy atom. The average Bonchev–Trinajstić information content (AvgIpc) is 3.49. The van der Waals surface area contributed by atoms with Crippen LogP contribution in [0.25, 0.3) is 5.69 Å². The molecule has 0 spiro atoms. The van der Waals surface area contributed by atoms with Gasteiger partial charge < -0.3 is 14.6 Å². The summed E-state index contributed by atoms with van der Waals surface area (Å²) in [6.07, 6.45) is 4.92. The van der Waals surface area contributed by atoms with Crippen LogP contribution in [0.2, 0.25) is 0 Å². The number of amidine groups is 1. The van der Waals surface area contributed by atoms with E-state index in [1.54, 1.807) is 12.1 Å². The molecule has 1 aromatic carbocycles. The third-order valence-corrected chi connectivity index (χ3v) is 6.93. The van der Waals surface area contributed by atoms with Crippen molar-refractivity contribution < 1.29 is 9.90 Å². The lowest BCUT2D eigenvalue weighted by Crippen LogP contribution is -2.36. The molecule has 1 N–H and O–H groups in total. The number of aromatic nitrogens is 2. The summed E-state index contributed by atoms with van der Waals surface area (Å²) in [6.45, 7) is 2.23. The van der Waals surface area contributed by atoms with Gasteiger partial charge in [-0.2, -0.15) is 0 Å². The number of fused-ring (bicyclic) bond motifs is 1. The number of hydrogen-bond acceptors (Lipinski definition) is 5. The number of rotatable bonds is 5. The Balaban J connectivity index is 1.59. The van der Waals surface area contributed by atoms with Crippen molar-refractivity contribution in [1.29, 1.82) is 0 Å². The Bertz CT molecular complexity index is 1090. The van der Waals surface area contributed by atoms with Gasteiger partial charge in [-0.05, 0) is 55.0 Å². The third-order valence-electron chi connectivity index (χ3n) is 5.81. The van der Waals surface area contributed by atoms with Crippen LogP contribution >= 0.6 is 11.8 Å². The van der Waals surface area contributed by atoms with Gasteiger partial charge in [0.2, 0.25) is 0 Å². The number of aromatic carboxylic acids is 1. The molecule has 1 fully saturated rings. The smallest absolute Gasteiger partial charge is 0.335 e. The van der Waals surface area contributed by atoms with Crippen molar-refractivity contribution >= 4 is 22.9 Å². The van der Waals surface area contributed by atoms with Gasteiger partial charge in [0.1, 0.15) is 12.1 Å². The van der Waals surface area contributed by atoms with E-state index in [1.165, 1.54) is 0 Å². The molecule has 0 amide bonds. The largest absolute Gasteiger partial charge is 0.478 e. The minimum absolute atomic E-state index is 0.0454. The van der Waals surface area contributed by atoms with Crippen LogP contribution in [0.15, 0.2) is 72.0 Å². The molecule has 0 aliphatic carbocycles. The summed E-state index contributed by atoms with van der Waals surface area (Å²) >= 11 is 1.83. The van der Waals surface area contributed by atoms with Gasteiger partial charge in [0.25, 0.3) is 0 Å². The van der Waals surface area contributed by atoms with Crippen molar-refractivity contribution in [2.24, 2.45) is 4.99 Å². The van der Waals surface area contributed by atoms with E-state index in [2.05, 4.69) is 27.4 Å². The minimum Gasteiger partial charge on any atom is -0.478 e. The zero-order chi connectivity index (χ0) is 20.7.